The van der Waals surface area contributed by atoms with Crippen molar-refractivity contribution in [2.24, 2.45) is 0 Å². The normalized spacial score (nSPS) is 9.00. The molecule has 0 aromatic heterocycles. The van der Waals surface area contributed by atoms with E-state index in [9.17, 15) is 9.59 Å². The van der Waals surface area contributed by atoms with Gasteiger partial charge in [-0.05, 0) is 6.42 Å². The molecule has 0 bridgehead atoms. The number of aldehydes is 1. The van der Waals surface area contributed by atoms with Crippen molar-refractivity contribution in [2.75, 3.05) is 13.2 Å². The highest BCUT2D eigenvalue weighted by Gasteiger charge is 1.98. The molecule has 0 unspecified atom stereocenters. The molecule has 100 valence electrons. The molecule has 0 fully saturated rings. The first-order chi connectivity index (χ1) is 8.74. The molecule has 0 radical (unpaired) electrons. The Morgan fingerprint density at radius 2 is 2.00 bits per heavy atom. The van der Waals surface area contributed by atoms with Gasteiger partial charge in [-0.15, -0.1) is 0 Å². The summed E-state index contributed by atoms with van der Waals surface area (Å²) in [4.78, 5) is 20.5. The standard InChI is InChI=1S/C7H14O3.C7H6O/c1-2-3-6-10-7(9)4-5-8;8-6-7-4-2-1-3-5-7/h8H,2-6H2,1H3;1-6H. The summed E-state index contributed by atoms with van der Waals surface area (Å²) < 4.78 is 4.72. The maximum Gasteiger partial charge on any atom is 0.308 e. The van der Waals surface area contributed by atoms with E-state index in [-0.39, 0.29) is 19.0 Å². The first-order valence-electron chi connectivity index (χ1n) is 6.01. The van der Waals surface area contributed by atoms with Gasteiger partial charge in [-0.25, -0.2) is 0 Å². The van der Waals surface area contributed by atoms with Crippen molar-refractivity contribution in [1.29, 1.82) is 0 Å². The van der Waals surface area contributed by atoms with Gasteiger partial charge in [0, 0.05) is 5.56 Å². The number of aliphatic hydroxyl groups is 1. The average molecular weight is 252 g/mol. The van der Waals surface area contributed by atoms with Crippen molar-refractivity contribution >= 4 is 12.3 Å². The zero-order chi connectivity index (χ0) is 13.6. The average Bonchev–Trinajstić information content (AvgIpc) is 2.41. The van der Waals surface area contributed by atoms with E-state index in [4.69, 9.17) is 9.84 Å². The Kier molecular flexibility index (Phi) is 10.7. The Morgan fingerprint density at radius 3 is 2.44 bits per heavy atom. The quantitative estimate of drug-likeness (QED) is 0.479. The van der Waals surface area contributed by atoms with Crippen LogP contribution < -0.4 is 0 Å². The lowest BCUT2D eigenvalue weighted by Crippen LogP contribution is -2.07. The maximum atomic E-state index is 10.5. The molecule has 0 amide bonds. The molecule has 0 spiro atoms. The van der Waals surface area contributed by atoms with Gasteiger partial charge in [-0.1, -0.05) is 43.7 Å². The topological polar surface area (TPSA) is 63.6 Å². The molecule has 1 rings (SSSR count). The predicted molar refractivity (Wildman–Crippen MR) is 69.4 cm³/mol. The number of benzene rings is 1. The second-order valence-electron chi connectivity index (χ2n) is 3.58. The van der Waals surface area contributed by atoms with Gasteiger partial charge in [0.05, 0.1) is 19.6 Å². The minimum absolute atomic E-state index is 0.115. The van der Waals surface area contributed by atoms with Gasteiger partial charge in [0.1, 0.15) is 6.29 Å². The minimum atomic E-state index is -0.309. The molecule has 4 nitrogen and oxygen atoms in total. The Bertz CT molecular complexity index is 322. The summed E-state index contributed by atoms with van der Waals surface area (Å²) in [6.45, 7) is 2.39. The number of ether oxygens (including phenoxy) is 1. The number of rotatable bonds is 6. The SMILES string of the molecule is CCCCOC(=O)CCO.O=Cc1ccccc1. The lowest BCUT2D eigenvalue weighted by molar-refractivity contribution is -0.144. The maximum absolute atomic E-state index is 10.5. The lowest BCUT2D eigenvalue weighted by atomic mass is 10.2. The van der Waals surface area contributed by atoms with Crippen LogP contribution in [0, 0.1) is 0 Å². The van der Waals surface area contributed by atoms with Crippen molar-refractivity contribution in [2.45, 2.75) is 26.2 Å². The molecule has 0 saturated carbocycles. The molecule has 0 aliphatic rings. The van der Waals surface area contributed by atoms with Crippen LogP contribution in [-0.2, 0) is 9.53 Å². The fourth-order valence-electron chi connectivity index (χ4n) is 1.03. The smallest absolute Gasteiger partial charge is 0.308 e. The Morgan fingerprint density at radius 1 is 1.33 bits per heavy atom. The molecule has 18 heavy (non-hydrogen) atoms. The zero-order valence-corrected chi connectivity index (χ0v) is 10.7. The molecule has 0 aliphatic heterocycles. The fraction of sp³-hybridized carbons (Fsp3) is 0.429. The van der Waals surface area contributed by atoms with E-state index in [1.807, 2.05) is 25.1 Å². The number of unbranched alkanes of at least 4 members (excludes halogenated alkanes) is 1. The van der Waals surface area contributed by atoms with Crippen molar-refractivity contribution in [3.05, 3.63) is 35.9 Å². The lowest BCUT2D eigenvalue weighted by Gasteiger charge is -2.00. The summed E-state index contributed by atoms with van der Waals surface area (Å²) in [6, 6.07) is 9.10. The molecule has 0 heterocycles. The minimum Gasteiger partial charge on any atom is -0.466 e. The molecule has 1 N–H and O–H groups in total. The molecular weight excluding hydrogens is 232 g/mol. The zero-order valence-electron chi connectivity index (χ0n) is 10.7. The van der Waals surface area contributed by atoms with E-state index in [2.05, 4.69) is 0 Å². The Hall–Kier alpha value is -1.68. The summed E-state index contributed by atoms with van der Waals surface area (Å²) in [5.41, 5.74) is 0.729. The predicted octanol–water partition coefficient (Wildman–Crippen LogP) is 2.21. The fourth-order valence-corrected chi connectivity index (χ4v) is 1.03. The number of carbonyl (C=O) groups is 2. The third kappa shape index (κ3) is 9.54. The Labute approximate surface area is 108 Å². The highest BCUT2D eigenvalue weighted by Crippen LogP contribution is 1.91. The van der Waals surface area contributed by atoms with Crippen LogP contribution in [0.3, 0.4) is 0 Å². The monoisotopic (exact) mass is 252 g/mol. The molecule has 0 atom stereocenters. The number of hydrogen-bond acceptors (Lipinski definition) is 4. The van der Waals surface area contributed by atoms with Crippen molar-refractivity contribution in [1.82, 2.24) is 0 Å². The van der Waals surface area contributed by atoms with Crippen molar-refractivity contribution < 1.29 is 19.4 Å². The highest BCUT2D eigenvalue weighted by atomic mass is 16.5. The van der Waals surface area contributed by atoms with Crippen LogP contribution in [0.15, 0.2) is 30.3 Å². The van der Waals surface area contributed by atoms with Gasteiger partial charge >= 0.3 is 5.97 Å². The summed E-state index contributed by atoms with van der Waals surface area (Å²) in [5.74, 6) is -0.309. The second-order valence-corrected chi connectivity index (χ2v) is 3.58. The van der Waals surface area contributed by atoms with E-state index >= 15 is 0 Å². The van der Waals surface area contributed by atoms with E-state index in [0.29, 0.717) is 6.61 Å². The van der Waals surface area contributed by atoms with Crippen LogP contribution in [-0.4, -0.2) is 30.6 Å². The summed E-state index contributed by atoms with van der Waals surface area (Å²) >= 11 is 0. The van der Waals surface area contributed by atoms with Gasteiger partial charge in [0.2, 0.25) is 0 Å². The third-order valence-electron chi connectivity index (χ3n) is 2.01. The first-order valence-corrected chi connectivity index (χ1v) is 6.01. The molecule has 1 aromatic carbocycles. The molecule has 1 aromatic rings. The summed E-state index contributed by atoms with van der Waals surface area (Å²) in [6.07, 6.45) is 2.87. The van der Waals surface area contributed by atoms with Crippen LogP contribution in [0.2, 0.25) is 0 Å². The first kappa shape index (κ1) is 16.3. The van der Waals surface area contributed by atoms with Gasteiger partial charge < -0.3 is 9.84 Å². The second kappa shape index (κ2) is 11.8. The van der Waals surface area contributed by atoms with E-state index < -0.39 is 0 Å². The van der Waals surface area contributed by atoms with Crippen LogP contribution in [0.4, 0.5) is 0 Å². The summed E-state index contributed by atoms with van der Waals surface area (Å²) in [5, 5.41) is 8.29. The number of esters is 1. The Balaban J connectivity index is 0.000000327. The van der Waals surface area contributed by atoms with Gasteiger partial charge in [-0.3, -0.25) is 9.59 Å². The van der Waals surface area contributed by atoms with Crippen LogP contribution in [0.1, 0.15) is 36.5 Å². The van der Waals surface area contributed by atoms with Crippen LogP contribution in [0.25, 0.3) is 0 Å². The molecule has 4 heteroatoms. The summed E-state index contributed by atoms with van der Waals surface area (Å²) in [7, 11) is 0. The number of aliphatic hydroxyl groups excluding tert-OH is 1. The third-order valence-corrected chi connectivity index (χ3v) is 2.01. The van der Waals surface area contributed by atoms with Gasteiger partial charge in [0.15, 0.2) is 0 Å². The van der Waals surface area contributed by atoms with Crippen molar-refractivity contribution in [3.8, 4) is 0 Å². The molecule has 0 saturated heterocycles. The van der Waals surface area contributed by atoms with Gasteiger partial charge in [-0.2, -0.15) is 0 Å². The molecular formula is C14H20O4. The highest BCUT2D eigenvalue weighted by molar-refractivity contribution is 5.74. The van der Waals surface area contributed by atoms with E-state index in [1.165, 1.54) is 0 Å². The van der Waals surface area contributed by atoms with Crippen LogP contribution >= 0.6 is 0 Å². The molecule has 0 aliphatic carbocycles. The van der Waals surface area contributed by atoms with Crippen molar-refractivity contribution in [3.63, 3.8) is 0 Å². The largest absolute Gasteiger partial charge is 0.466 e. The number of carbonyl (C=O) groups excluding carboxylic acids is 2. The van der Waals surface area contributed by atoms with Crippen LogP contribution in [0.5, 0.6) is 0 Å². The van der Waals surface area contributed by atoms with E-state index in [0.717, 1.165) is 24.7 Å². The number of hydrogen-bond donors (Lipinski definition) is 1. The van der Waals surface area contributed by atoms with Gasteiger partial charge in [0.25, 0.3) is 0 Å². The van der Waals surface area contributed by atoms with E-state index in [1.54, 1.807) is 12.1 Å².